The van der Waals surface area contributed by atoms with Gasteiger partial charge in [-0.15, -0.1) is 6.58 Å². The molecule has 0 aliphatic heterocycles. The summed E-state index contributed by atoms with van der Waals surface area (Å²) in [5, 5.41) is 9.47. The van der Waals surface area contributed by atoms with Crippen LogP contribution in [0.4, 0.5) is 0 Å². The van der Waals surface area contributed by atoms with Gasteiger partial charge in [-0.1, -0.05) is 6.08 Å². The molecule has 0 saturated heterocycles. The number of fused-ring (bicyclic) bond motifs is 1. The molecule has 0 aliphatic carbocycles. The maximum atomic E-state index is 9.47. The van der Waals surface area contributed by atoms with Gasteiger partial charge in [0.25, 0.3) is 0 Å². The van der Waals surface area contributed by atoms with Crippen LogP contribution in [0.5, 0.6) is 5.75 Å². The van der Waals surface area contributed by atoms with Crippen LogP contribution in [-0.2, 0) is 6.54 Å². The quantitative estimate of drug-likeness (QED) is 0.700. The highest BCUT2D eigenvalue weighted by molar-refractivity contribution is 5.81. The van der Waals surface area contributed by atoms with Crippen LogP contribution in [0.25, 0.3) is 11.0 Å². The third-order valence-electron chi connectivity index (χ3n) is 1.85. The molecule has 0 saturated carbocycles. The zero-order valence-electron chi connectivity index (χ0n) is 7.01. The highest BCUT2D eigenvalue weighted by Gasteiger charge is 2.06. The van der Waals surface area contributed by atoms with Gasteiger partial charge in [0.2, 0.25) is 0 Å². The number of hydrogen-bond acceptors (Lipinski definition) is 3. The summed E-state index contributed by atoms with van der Waals surface area (Å²) in [5.41, 5.74) is 1.40. The molecule has 2 aromatic rings. The van der Waals surface area contributed by atoms with Crippen molar-refractivity contribution < 1.29 is 5.11 Å². The fourth-order valence-electron chi connectivity index (χ4n) is 1.30. The predicted molar refractivity (Wildman–Crippen MR) is 49.4 cm³/mol. The van der Waals surface area contributed by atoms with E-state index in [1.54, 1.807) is 18.5 Å². The molecule has 2 aromatic heterocycles. The molecule has 0 amide bonds. The third kappa shape index (κ3) is 1.16. The Morgan fingerprint density at radius 2 is 2.46 bits per heavy atom. The summed E-state index contributed by atoms with van der Waals surface area (Å²) in [6.07, 6.45) is 6.47. The minimum atomic E-state index is 0.180. The maximum absolute atomic E-state index is 9.47. The van der Waals surface area contributed by atoms with E-state index in [0.717, 1.165) is 5.52 Å². The van der Waals surface area contributed by atoms with Crippen molar-refractivity contribution in [2.24, 2.45) is 0 Å². The minimum absolute atomic E-state index is 0.180. The Labute approximate surface area is 75.2 Å². The molecular formula is C9H9N3O. The van der Waals surface area contributed by atoms with Crippen LogP contribution >= 0.6 is 0 Å². The Morgan fingerprint density at radius 1 is 1.62 bits per heavy atom. The van der Waals surface area contributed by atoms with Gasteiger partial charge in [0.1, 0.15) is 11.8 Å². The number of aromatic hydroxyl groups is 1. The first kappa shape index (κ1) is 7.79. The minimum Gasteiger partial charge on any atom is -0.504 e. The number of rotatable bonds is 2. The fourth-order valence-corrected chi connectivity index (χ4v) is 1.30. The topological polar surface area (TPSA) is 50.9 Å². The van der Waals surface area contributed by atoms with E-state index >= 15 is 0 Å². The van der Waals surface area contributed by atoms with Crippen LogP contribution in [-0.4, -0.2) is 19.6 Å². The van der Waals surface area contributed by atoms with E-state index in [1.807, 2.05) is 4.57 Å². The Bertz CT molecular complexity index is 447. The molecule has 66 valence electrons. The van der Waals surface area contributed by atoms with Crippen molar-refractivity contribution in [1.29, 1.82) is 0 Å². The Morgan fingerprint density at radius 3 is 3.23 bits per heavy atom. The van der Waals surface area contributed by atoms with Crippen LogP contribution in [0.3, 0.4) is 0 Å². The lowest BCUT2D eigenvalue weighted by molar-refractivity contribution is 0.478. The molecule has 0 unspecified atom stereocenters. The first-order valence-electron chi connectivity index (χ1n) is 3.91. The van der Waals surface area contributed by atoms with Gasteiger partial charge in [0, 0.05) is 12.7 Å². The summed E-state index contributed by atoms with van der Waals surface area (Å²) in [6.45, 7) is 4.27. The van der Waals surface area contributed by atoms with Crippen molar-refractivity contribution in [3.8, 4) is 5.75 Å². The lowest BCUT2D eigenvalue weighted by Gasteiger charge is -1.97. The first-order valence-corrected chi connectivity index (χ1v) is 3.91. The zero-order chi connectivity index (χ0) is 9.26. The van der Waals surface area contributed by atoms with Crippen molar-refractivity contribution >= 4 is 11.0 Å². The Kier molecular flexibility index (Phi) is 1.73. The van der Waals surface area contributed by atoms with Gasteiger partial charge in [0.15, 0.2) is 5.75 Å². The van der Waals surface area contributed by atoms with E-state index in [4.69, 9.17) is 0 Å². The summed E-state index contributed by atoms with van der Waals surface area (Å²) in [6, 6.07) is 0. The highest BCUT2D eigenvalue weighted by Crippen LogP contribution is 2.23. The van der Waals surface area contributed by atoms with Crippen molar-refractivity contribution in [3.05, 3.63) is 31.4 Å². The van der Waals surface area contributed by atoms with Crippen LogP contribution < -0.4 is 0 Å². The first-order chi connectivity index (χ1) is 6.33. The average Bonchev–Trinajstić information content (AvgIpc) is 2.46. The second-order valence-corrected chi connectivity index (χ2v) is 2.71. The Hall–Kier alpha value is -1.84. The van der Waals surface area contributed by atoms with Crippen molar-refractivity contribution in [2.45, 2.75) is 6.54 Å². The van der Waals surface area contributed by atoms with Gasteiger partial charge in [-0.05, 0) is 0 Å². The van der Waals surface area contributed by atoms with Crippen molar-refractivity contribution in [1.82, 2.24) is 14.5 Å². The van der Waals surface area contributed by atoms with Crippen LogP contribution in [0.1, 0.15) is 0 Å². The second kappa shape index (κ2) is 2.90. The summed E-state index contributed by atoms with van der Waals surface area (Å²) in [4.78, 5) is 7.86. The van der Waals surface area contributed by atoms with Crippen LogP contribution in [0.15, 0.2) is 31.4 Å². The summed E-state index contributed by atoms with van der Waals surface area (Å²) in [7, 11) is 0. The predicted octanol–water partition coefficient (Wildman–Crippen LogP) is 1.32. The maximum Gasteiger partial charge on any atom is 0.159 e. The molecule has 0 aromatic carbocycles. The van der Waals surface area contributed by atoms with Gasteiger partial charge in [0.05, 0.1) is 11.7 Å². The number of aromatic nitrogens is 3. The monoisotopic (exact) mass is 175 g/mol. The SMILES string of the molecule is C=CCn1cc(O)c2ncncc21. The number of nitrogens with zero attached hydrogens (tertiary/aromatic N) is 3. The van der Waals surface area contributed by atoms with Crippen molar-refractivity contribution in [2.75, 3.05) is 0 Å². The molecule has 0 spiro atoms. The van der Waals surface area contributed by atoms with E-state index in [-0.39, 0.29) is 5.75 Å². The zero-order valence-corrected chi connectivity index (χ0v) is 7.01. The molecule has 0 fully saturated rings. The van der Waals surface area contributed by atoms with Crippen LogP contribution in [0.2, 0.25) is 0 Å². The molecule has 13 heavy (non-hydrogen) atoms. The third-order valence-corrected chi connectivity index (χ3v) is 1.85. The lowest BCUT2D eigenvalue weighted by atomic mass is 10.4. The van der Waals surface area contributed by atoms with E-state index in [9.17, 15) is 5.11 Å². The van der Waals surface area contributed by atoms with Gasteiger partial charge < -0.3 is 9.67 Å². The summed E-state index contributed by atoms with van der Waals surface area (Å²) in [5.74, 6) is 0.180. The average molecular weight is 175 g/mol. The molecule has 0 aliphatic rings. The standard InChI is InChI=1S/C9H9N3O/c1-2-3-12-5-8(13)9-7(12)4-10-6-11-9/h2,4-6,13H,1,3H2. The largest absolute Gasteiger partial charge is 0.504 e. The molecule has 1 N–H and O–H groups in total. The fraction of sp³-hybridized carbons (Fsp3) is 0.111. The highest BCUT2D eigenvalue weighted by atomic mass is 16.3. The van der Waals surface area contributed by atoms with Gasteiger partial charge in [-0.25, -0.2) is 9.97 Å². The molecule has 0 bridgehead atoms. The molecule has 0 atom stereocenters. The van der Waals surface area contributed by atoms with Crippen molar-refractivity contribution in [3.63, 3.8) is 0 Å². The van der Waals surface area contributed by atoms with E-state index in [1.165, 1.54) is 6.33 Å². The second-order valence-electron chi connectivity index (χ2n) is 2.71. The molecular weight excluding hydrogens is 166 g/mol. The summed E-state index contributed by atoms with van der Waals surface area (Å²) >= 11 is 0. The summed E-state index contributed by atoms with van der Waals surface area (Å²) < 4.78 is 1.84. The number of hydrogen-bond donors (Lipinski definition) is 1. The van der Waals surface area contributed by atoms with Gasteiger partial charge >= 0.3 is 0 Å². The lowest BCUT2D eigenvalue weighted by Crippen LogP contribution is -1.92. The normalized spacial score (nSPS) is 10.5. The van der Waals surface area contributed by atoms with Crippen LogP contribution in [0, 0.1) is 0 Å². The molecule has 4 heteroatoms. The van der Waals surface area contributed by atoms with E-state index in [2.05, 4.69) is 16.5 Å². The van der Waals surface area contributed by atoms with E-state index < -0.39 is 0 Å². The molecule has 2 heterocycles. The van der Waals surface area contributed by atoms with Gasteiger partial charge in [-0.2, -0.15) is 0 Å². The van der Waals surface area contributed by atoms with E-state index in [0.29, 0.717) is 12.1 Å². The van der Waals surface area contributed by atoms with Gasteiger partial charge in [-0.3, -0.25) is 0 Å². The number of allylic oxidation sites excluding steroid dienone is 1. The Balaban J connectivity index is 2.70. The smallest absolute Gasteiger partial charge is 0.159 e. The molecule has 0 radical (unpaired) electrons. The molecule has 2 rings (SSSR count). The molecule has 4 nitrogen and oxygen atoms in total.